The van der Waals surface area contributed by atoms with Crippen molar-refractivity contribution in [1.82, 2.24) is 0 Å². The molecular weight excluding hydrogens is 324 g/mol. The number of benzene rings is 1. The lowest BCUT2D eigenvalue weighted by atomic mass is 9.99. The molecule has 0 aliphatic carbocycles. The number of hydrogen-bond acceptors (Lipinski definition) is 9. The van der Waals surface area contributed by atoms with Crippen LogP contribution in [0.4, 0.5) is 0 Å². The number of hydrogen-bond donors (Lipinski definition) is 6. The van der Waals surface area contributed by atoms with Crippen LogP contribution in [0.1, 0.15) is 12.0 Å². The van der Waals surface area contributed by atoms with Gasteiger partial charge in [0.1, 0.15) is 24.4 Å². The molecule has 1 saturated heterocycles. The average molecular weight is 344 g/mol. The van der Waals surface area contributed by atoms with Crippen LogP contribution in [0.2, 0.25) is 0 Å². The SMILES string of the molecule is O=C(CCc1ccc(O)c(O)c1)O[C@@H]1O[C@H](CO)[C@@H](O)[C@H](O)[C@H]1O. The maximum Gasteiger partial charge on any atom is 0.308 e. The van der Waals surface area contributed by atoms with Crippen LogP contribution in [0.25, 0.3) is 0 Å². The van der Waals surface area contributed by atoms with Crippen molar-refractivity contribution in [3.63, 3.8) is 0 Å². The molecule has 1 aliphatic heterocycles. The Balaban J connectivity index is 1.90. The van der Waals surface area contributed by atoms with Crippen molar-refractivity contribution in [3.8, 4) is 11.5 Å². The van der Waals surface area contributed by atoms with Gasteiger partial charge in [-0.3, -0.25) is 4.79 Å². The zero-order valence-corrected chi connectivity index (χ0v) is 12.6. The number of aliphatic hydroxyl groups excluding tert-OH is 4. The monoisotopic (exact) mass is 344 g/mol. The predicted octanol–water partition coefficient (Wildman–Crippen LogP) is -1.63. The molecule has 24 heavy (non-hydrogen) atoms. The van der Waals surface area contributed by atoms with Crippen molar-refractivity contribution in [2.75, 3.05) is 6.61 Å². The number of carbonyl (C=O) groups excluding carboxylic acids is 1. The van der Waals surface area contributed by atoms with E-state index < -0.39 is 43.3 Å². The van der Waals surface area contributed by atoms with E-state index in [0.717, 1.165) is 0 Å². The summed E-state index contributed by atoms with van der Waals surface area (Å²) < 4.78 is 9.99. The Morgan fingerprint density at radius 3 is 2.42 bits per heavy atom. The van der Waals surface area contributed by atoms with Crippen molar-refractivity contribution in [2.24, 2.45) is 0 Å². The fraction of sp³-hybridized carbons (Fsp3) is 0.533. The fourth-order valence-electron chi connectivity index (χ4n) is 2.32. The molecule has 0 radical (unpaired) electrons. The highest BCUT2D eigenvalue weighted by Gasteiger charge is 2.45. The summed E-state index contributed by atoms with van der Waals surface area (Å²) in [7, 11) is 0. The van der Waals surface area contributed by atoms with Gasteiger partial charge in [-0.15, -0.1) is 0 Å². The first-order valence-electron chi connectivity index (χ1n) is 7.34. The number of phenolic OH excluding ortho intramolecular Hbond substituents is 2. The first kappa shape index (κ1) is 18.4. The smallest absolute Gasteiger partial charge is 0.308 e. The van der Waals surface area contributed by atoms with E-state index in [9.17, 15) is 30.3 Å². The standard InChI is InChI=1S/C15H20O9/c16-6-10-12(20)13(21)14(22)15(23-10)24-11(19)4-2-7-1-3-8(17)9(18)5-7/h1,3,5,10,12-18,20-22H,2,4,6H2/t10-,12-,13+,14-,15+/m1/s1. The van der Waals surface area contributed by atoms with Gasteiger partial charge in [0.2, 0.25) is 6.29 Å². The Morgan fingerprint density at radius 1 is 1.08 bits per heavy atom. The number of phenols is 2. The summed E-state index contributed by atoms with van der Waals surface area (Å²) in [5.41, 5.74) is 0.580. The van der Waals surface area contributed by atoms with Gasteiger partial charge in [-0.2, -0.15) is 0 Å². The Kier molecular flexibility index (Phi) is 5.97. The van der Waals surface area contributed by atoms with E-state index in [2.05, 4.69) is 0 Å². The minimum Gasteiger partial charge on any atom is -0.504 e. The molecule has 1 aliphatic rings. The summed E-state index contributed by atoms with van der Waals surface area (Å²) >= 11 is 0. The lowest BCUT2D eigenvalue weighted by Gasteiger charge is -2.39. The highest BCUT2D eigenvalue weighted by atomic mass is 16.7. The topological polar surface area (TPSA) is 157 Å². The summed E-state index contributed by atoms with van der Waals surface area (Å²) in [5.74, 6) is -1.33. The summed E-state index contributed by atoms with van der Waals surface area (Å²) in [4.78, 5) is 11.8. The van der Waals surface area contributed by atoms with Gasteiger partial charge in [-0.1, -0.05) is 6.07 Å². The van der Waals surface area contributed by atoms with Gasteiger partial charge in [0, 0.05) is 6.42 Å². The number of aromatic hydroxyl groups is 2. The molecule has 2 rings (SSSR count). The number of esters is 1. The third-order valence-electron chi connectivity index (χ3n) is 3.75. The quantitative estimate of drug-likeness (QED) is 0.273. The van der Waals surface area contributed by atoms with Gasteiger partial charge in [0.25, 0.3) is 0 Å². The van der Waals surface area contributed by atoms with Crippen LogP contribution < -0.4 is 0 Å². The predicted molar refractivity (Wildman–Crippen MR) is 78.0 cm³/mol. The van der Waals surface area contributed by atoms with E-state index in [1.807, 2.05) is 0 Å². The van der Waals surface area contributed by atoms with E-state index >= 15 is 0 Å². The zero-order chi connectivity index (χ0) is 17.9. The molecule has 0 aromatic heterocycles. The van der Waals surface area contributed by atoms with Crippen molar-refractivity contribution < 1.29 is 44.9 Å². The minimum atomic E-state index is -1.65. The van der Waals surface area contributed by atoms with Crippen LogP contribution >= 0.6 is 0 Å². The highest BCUT2D eigenvalue weighted by Crippen LogP contribution is 2.26. The molecule has 0 bridgehead atoms. The van der Waals surface area contributed by atoms with E-state index in [1.54, 1.807) is 0 Å². The molecule has 9 nitrogen and oxygen atoms in total. The first-order chi connectivity index (χ1) is 11.3. The average Bonchev–Trinajstić information content (AvgIpc) is 2.56. The highest BCUT2D eigenvalue weighted by molar-refractivity contribution is 5.70. The third kappa shape index (κ3) is 4.13. The Labute approximate surface area is 137 Å². The number of carbonyl (C=O) groups is 1. The molecule has 0 spiro atoms. The van der Waals surface area contributed by atoms with Gasteiger partial charge in [-0.05, 0) is 24.1 Å². The second-order valence-electron chi connectivity index (χ2n) is 5.51. The first-order valence-corrected chi connectivity index (χ1v) is 7.34. The molecule has 1 fully saturated rings. The molecule has 0 unspecified atom stereocenters. The molecular formula is C15H20O9. The number of ether oxygens (including phenoxy) is 2. The second kappa shape index (κ2) is 7.77. The van der Waals surface area contributed by atoms with Gasteiger partial charge in [0.05, 0.1) is 6.61 Å². The van der Waals surface area contributed by atoms with E-state index in [-0.39, 0.29) is 24.3 Å². The van der Waals surface area contributed by atoms with Crippen LogP contribution in [0.3, 0.4) is 0 Å². The fourth-order valence-corrected chi connectivity index (χ4v) is 2.32. The van der Waals surface area contributed by atoms with Crippen LogP contribution in [-0.4, -0.2) is 73.9 Å². The lowest BCUT2D eigenvalue weighted by molar-refractivity contribution is -0.292. The lowest BCUT2D eigenvalue weighted by Crippen LogP contribution is -2.59. The minimum absolute atomic E-state index is 0.112. The van der Waals surface area contributed by atoms with E-state index in [4.69, 9.17) is 14.6 Å². The van der Waals surface area contributed by atoms with Crippen LogP contribution in [-0.2, 0) is 20.7 Å². The normalized spacial score (nSPS) is 30.1. The van der Waals surface area contributed by atoms with Crippen molar-refractivity contribution >= 4 is 5.97 Å². The van der Waals surface area contributed by atoms with Gasteiger partial charge in [-0.25, -0.2) is 0 Å². The van der Waals surface area contributed by atoms with E-state index in [1.165, 1.54) is 18.2 Å². The molecule has 1 heterocycles. The largest absolute Gasteiger partial charge is 0.504 e. The van der Waals surface area contributed by atoms with Crippen LogP contribution in [0.15, 0.2) is 18.2 Å². The summed E-state index contributed by atoms with van der Waals surface area (Å²) in [5, 5.41) is 56.7. The van der Waals surface area contributed by atoms with Crippen molar-refractivity contribution in [3.05, 3.63) is 23.8 Å². The molecule has 0 saturated carbocycles. The molecule has 5 atom stereocenters. The maximum atomic E-state index is 11.8. The molecule has 6 N–H and O–H groups in total. The summed E-state index contributed by atoms with van der Waals surface area (Å²) in [6, 6.07) is 4.11. The maximum absolute atomic E-state index is 11.8. The van der Waals surface area contributed by atoms with Crippen LogP contribution in [0, 0.1) is 0 Å². The van der Waals surface area contributed by atoms with Crippen LogP contribution in [0.5, 0.6) is 11.5 Å². The number of aryl methyl sites for hydroxylation is 1. The molecule has 1 aromatic rings. The Bertz CT molecular complexity index is 574. The molecule has 1 aromatic carbocycles. The van der Waals surface area contributed by atoms with Gasteiger partial charge in [0.15, 0.2) is 11.5 Å². The zero-order valence-electron chi connectivity index (χ0n) is 12.6. The number of aliphatic hydroxyl groups is 4. The van der Waals surface area contributed by atoms with Crippen molar-refractivity contribution in [1.29, 1.82) is 0 Å². The number of rotatable bonds is 5. The third-order valence-corrected chi connectivity index (χ3v) is 3.75. The Hall–Kier alpha value is -1.91. The van der Waals surface area contributed by atoms with Gasteiger partial charge >= 0.3 is 5.97 Å². The van der Waals surface area contributed by atoms with Crippen molar-refractivity contribution in [2.45, 2.75) is 43.5 Å². The second-order valence-corrected chi connectivity index (χ2v) is 5.51. The molecule has 9 heteroatoms. The molecule has 0 amide bonds. The summed E-state index contributed by atoms with van der Waals surface area (Å²) in [6.45, 7) is -0.619. The Morgan fingerprint density at radius 2 is 1.79 bits per heavy atom. The summed E-state index contributed by atoms with van der Waals surface area (Å²) in [6.07, 6.45) is -7.38. The van der Waals surface area contributed by atoms with E-state index in [0.29, 0.717) is 5.56 Å². The van der Waals surface area contributed by atoms with Gasteiger partial charge < -0.3 is 40.1 Å². The molecule has 134 valence electrons.